The third kappa shape index (κ3) is 1.34. The van der Waals surface area contributed by atoms with Crippen molar-refractivity contribution in [2.45, 2.75) is 5.92 Å². The summed E-state index contributed by atoms with van der Waals surface area (Å²) >= 11 is 3.37. The quantitative estimate of drug-likeness (QED) is 0.747. The van der Waals surface area contributed by atoms with Gasteiger partial charge in [-0.2, -0.15) is 0 Å². The van der Waals surface area contributed by atoms with E-state index in [2.05, 4.69) is 22.0 Å². The number of anilines is 1. The Morgan fingerprint density at radius 2 is 2.17 bits per heavy atom. The van der Waals surface area contributed by atoms with Crippen molar-refractivity contribution in [1.82, 2.24) is 0 Å². The Bertz CT molecular complexity index is 297. The summed E-state index contributed by atoms with van der Waals surface area (Å²) in [4.78, 5) is 0. The van der Waals surface area contributed by atoms with Gasteiger partial charge >= 0.3 is 0 Å². The molecular weight excluding hydrogens is 218 g/mol. The molecule has 0 atom stereocenters. The zero-order valence-corrected chi connectivity index (χ0v) is 8.17. The first-order valence-electron chi connectivity index (χ1n) is 3.90. The van der Waals surface area contributed by atoms with Gasteiger partial charge in [-0.05, 0) is 17.7 Å². The molecule has 1 aliphatic rings. The largest absolute Gasteiger partial charge is 0.398 e. The third-order valence-corrected chi connectivity index (χ3v) is 2.62. The summed E-state index contributed by atoms with van der Waals surface area (Å²) in [6, 6.07) is 6.02. The van der Waals surface area contributed by atoms with Crippen molar-refractivity contribution in [2.75, 3.05) is 18.9 Å². The number of nitrogen functional groups attached to an aromatic ring is 1. The number of rotatable bonds is 1. The molecule has 1 aliphatic heterocycles. The van der Waals surface area contributed by atoms with Crippen LogP contribution in [0.25, 0.3) is 0 Å². The highest BCUT2D eigenvalue weighted by molar-refractivity contribution is 9.10. The van der Waals surface area contributed by atoms with Crippen LogP contribution in [0.15, 0.2) is 22.7 Å². The second kappa shape index (κ2) is 3.07. The highest BCUT2D eigenvalue weighted by Crippen LogP contribution is 2.30. The van der Waals surface area contributed by atoms with Crippen LogP contribution in [0.5, 0.6) is 0 Å². The summed E-state index contributed by atoms with van der Waals surface area (Å²) in [5, 5.41) is 0. The van der Waals surface area contributed by atoms with Crippen LogP contribution in [0.3, 0.4) is 0 Å². The zero-order chi connectivity index (χ0) is 8.55. The molecule has 0 spiro atoms. The minimum Gasteiger partial charge on any atom is -0.398 e. The van der Waals surface area contributed by atoms with E-state index >= 15 is 0 Å². The van der Waals surface area contributed by atoms with E-state index in [1.165, 1.54) is 5.56 Å². The lowest BCUT2D eigenvalue weighted by Gasteiger charge is -2.27. The molecule has 0 aliphatic carbocycles. The predicted molar refractivity (Wildman–Crippen MR) is 52.1 cm³/mol. The van der Waals surface area contributed by atoms with Crippen molar-refractivity contribution in [3.63, 3.8) is 0 Å². The topological polar surface area (TPSA) is 35.2 Å². The van der Waals surface area contributed by atoms with Crippen LogP contribution in [0.2, 0.25) is 0 Å². The number of hydrogen-bond acceptors (Lipinski definition) is 2. The maximum atomic E-state index is 5.85. The molecule has 1 saturated heterocycles. The summed E-state index contributed by atoms with van der Waals surface area (Å²) in [5.41, 5.74) is 7.92. The van der Waals surface area contributed by atoms with Gasteiger partial charge in [0.15, 0.2) is 0 Å². The molecular formula is C9H10BrNO. The highest BCUT2D eigenvalue weighted by Gasteiger charge is 2.22. The summed E-state index contributed by atoms with van der Waals surface area (Å²) in [5.74, 6) is 0.512. The molecule has 1 heterocycles. The maximum absolute atomic E-state index is 5.85. The average molecular weight is 228 g/mol. The van der Waals surface area contributed by atoms with Gasteiger partial charge in [0.25, 0.3) is 0 Å². The van der Waals surface area contributed by atoms with Gasteiger partial charge in [-0.15, -0.1) is 0 Å². The molecule has 64 valence electrons. The Morgan fingerprint density at radius 3 is 2.67 bits per heavy atom. The van der Waals surface area contributed by atoms with Gasteiger partial charge in [0.05, 0.1) is 13.2 Å². The Kier molecular flexibility index (Phi) is 2.07. The maximum Gasteiger partial charge on any atom is 0.0558 e. The molecule has 2 N–H and O–H groups in total. The van der Waals surface area contributed by atoms with E-state index in [0.717, 1.165) is 23.4 Å². The van der Waals surface area contributed by atoms with Crippen LogP contribution in [-0.2, 0) is 4.74 Å². The molecule has 0 radical (unpaired) electrons. The molecule has 1 fully saturated rings. The van der Waals surface area contributed by atoms with Crippen molar-refractivity contribution in [1.29, 1.82) is 0 Å². The number of nitrogens with two attached hydrogens (primary N) is 1. The first-order valence-corrected chi connectivity index (χ1v) is 4.69. The van der Waals surface area contributed by atoms with Crippen LogP contribution in [-0.4, -0.2) is 13.2 Å². The molecule has 2 rings (SSSR count). The van der Waals surface area contributed by atoms with E-state index < -0.39 is 0 Å². The second-order valence-corrected chi connectivity index (χ2v) is 3.92. The number of ether oxygens (including phenoxy) is 1. The molecule has 0 bridgehead atoms. The Hall–Kier alpha value is -0.540. The first-order chi connectivity index (χ1) is 5.77. The van der Waals surface area contributed by atoms with Gasteiger partial charge in [-0.25, -0.2) is 0 Å². The van der Waals surface area contributed by atoms with Gasteiger partial charge in [0.2, 0.25) is 0 Å². The molecule has 12 heavy (non-hydrogen) atoms. The van der Waals surface area contributed by atoms with Gasteiger partial charge in [0, 0.05) is 16.1 Å². The lowest BCUT2D eigenvalue weighted by atomic mass is 9.96. The third-order valence-electron chi connectivity index (χ3n) is 2.13. The van der Waals surface area contributed by atoms with Crippen molar-refractivity contribution in [3.05, 3.63) is 28.2 Å². The van der Waals surface area contributed by atoms with Crippen LogP contribution < -0.4 is 5.73 Å². The lowest BCUT2D eigenvalue weighted by Crippen LogP contribution is -2.25. The Balaban J connectivity index is 2.31. The minimum atomic E-state index is 0.512. The smallest absolute Gasteiger partial charge is 0.0558 e. The minimum absolute atomic E-state index is 0.512. The SMILES string of the molecule is Nc1cc(Br)ccc1C1COC1. The van der Waals surface area contributed by atoms with Crippen LogP contribution in [0.1, 0.15) is 11.5 Å². The second-order valence-electron chi connectivity index (χ2n) is 3.01. The molecule has 1 aromatic carbocycles. The zero-order valence-electron chi connectivity index (χ0n) is 6.59. The Morgan fingerprint density at radius 1 is 1.42 bits per heavy atom. The fraction of sp³-hybridized carbons (Fsp3) is 0.333. The predicted octanol–water partition coefficient (Wildman–Crippen LogP) is 2.15. The first kappa shape index (κ1) is 8.08. The standard InChI is InChI=1S/C9H10BrNO/c10-7-1-2-8(9(11)3-7)6-4-12-5-6/h1-3,6H,4-5,11H2. The summed E-state index contributed by atoms with van der Waals surface area (Å²) in [7, 11) is 0. The van der Waals surface area contributed by atoms with E-state index in [1.54, 1.807) is 0 Å². The molecule has 1 aromatic rings. The van der Waals surface area contributed by atoms with Gasteiger partial charge < -0.3 is 10.5 Å². The number of hydrogen-bond donors (Lipinski definition) is 1. The fourth-order valence-corrected chi connectivity index (χ4v) is 1.71. The summed E-state index contributed by atoms with van der Waals surface area (Å²) in [6.45, 7) is 1.62. The molecule has 0 unspecified atom stereocenters. The fourth-order valence-electron chi connectivity index (χ4n) is 1.33. The highest BCUT2D eigenvalue weighted by atomic mass is 79.9. The van der Waals surface area contributed by atoms with E-state index in [-0.39, 0.29) is 0 Å². The van der Waals surface area contributed by atoms with E-state index in [4.69, 9.17) is 10.5 Å². The lowest BCUT2D eigenvalue weighted by molar-refractivity contribution is 0.00870. The Labute approximate surface area is 79.8 Å². The summed E-state index contributed by atoms with van der Waals surface area (Å²) < 4.78 is 6.14. The van der Waals surface area contributed by atoms with Crippen LogP contribution in [0, 0.1) is 0 Å². The van der Waals surface area contributed by atoms with E-state index in [0.29, 0.717) is 5.92 Å². The molecule has 0 aromatic heterocycles. The molecule has 0 saturated carbocycles. The van der Waals surface area contributed by atoms with Crippen LogP contribution >= 0.6 is 15.9 Å². The van der Waals surface area contributed by atoms with Gasteiger partial charge in [-0.3, -0.25) is 0 Å². The number of benzene rings is 1. The van der Waals surface area contributed by atoms with E-state index in [1.807, 2.05) is 12.1 Å². The van der Waals surface area contributed by atoms with Gasteiger partial charge in [0.1, 0.15) is 0 Å². The monoisotopic (exact) mass is 227 g/mol. The van der Waals surface area contributed by atoms with Crippen molar-refractivity contribution >= 4 is 21.6 Å². The van der Waals surface area contributed by atoms with Crippen LogP contribution in [0.4, 0.5) is 5.69 Å². The average Bonchev–Trinajstić information content (AvgIpc) is 1.91. The molecule has 3 heteroatoms. The van der Waals surface area contributed by atoms with Crippen molar-refractivity contribution < 1.29 is 4.74 Å². The van der Waals surface area contributed by atoms with E-state index in [9.17, 15) is 0 Å². The van der Waals surface area contributed by atoms with Crippen molar-refractivity contribution in [3.8, 4) is 0 Å². The van der Waals surface area contributed by atoms with Crippen molar-refractivity contribution in [2.24, 2.45) is 0 Å². The molecule has 0 amide bonds. The summed E-state index contributed by atoms with van der Waals surface area (Å²) in [6.07, 6.45) is 0. The molecule has 2 nitrogen and oxygen atoms in total. The van der Waals surface area contributed by atoms with Gasteiger partial charge in [-0.1, -0.05) is 22.0 Å². The number of halogens is 1. The normalized spacial score (nSPS) is 17.4.